The smallest absolute Gasteiger partial charge is 0.107 e. The lowest BCUT2D eigenvalue weighted by molar-refractivity contribution is 0.842. The highest BCUT2D eigenvalue weighted by molar-refractivity contribution is 8.00. The first-order valence-electron chi connectivity index (χ1n) is 5.76. The van der Waals surface area contributed by atoms with Gasteiger partial charge in [-0.25, -0.2) is 0 Å². The Labute approximate surface area is 102 Å². The van der Waals surface area contributed by atoms with Crippen LogP contribution in [0.1, 0.15) is 25.3 Å². The second-order valence-corrected chi connectivity index (χ2v) is 5.25. The standard InChI is InChI=1S/C13H18N2S/c1-10(2)11-5-3-4-6-12(11)16-9-13-14-7-8-15-13/h3-6,10H,7-9H2,1-2H3,(H,14,15). The monoisotopic (exact) mass is 234 g/mol. The van der Waals surface area contributed by atoms with Crippen LogP contribution in [0.25, 0.3) is 0 Å². The van der Waals surface area contributed by atoms with Crippen molar-refractivity contribution in [3.05, 3.63) is 29.8 Å². The molecule has 1 aromatic carbocycles. The van der Waals surface area contributed by atoms with Crippen LogP contribution in [0.15, 0.2) is 34.2 Å². The van der Waals surface area contributed by atoms with E-state index in [1.165, 1.54) is 10.5 Å². The van der Waals surface area contributed by atoms with Crippen LogP contribution in [0.3, 0.4) is 0 Å². The molecule has 3 heteroatoms. The van der Waals surface area contributed by atoms with E-state index in [1.54, 1.807) is 0 Å². The van der Waals surface area contributed by atoms with Gasteiger partial charge in [-0.2, -0.15) is 0 Å². The van der Waals surface area contributed by atoms with E-state index in [0.717, 1.165) is 24.7 Å². The van der Waals surface area contributed by atoms with Gasteiger partial charge in [-0.1, -0.05) is 32.0 Å². The van der Waals surface area contributed by atoms with Gasteiger partial charge in [-0.05, 0) is 17.5 Å². The fourth-order valence-electron chi connectivity index (χ4n) is 1.78. The van der Waals surface area contributed by atoms with E-state index in [0.29, 0.717) is 5.92 Å². The van der Waals surface area contributed by atoms with Gasteiger partial charge in [0, 0.05) is 11.4 Å². The van der Waals surface area contributed by atoms with Gasteiger partial charge >= 0.3 is 0 Å². The minimum Gasteiger partial charge on any atom is -0.371 e. The maximum atomic E-state index is 4.41. The zero-order chi connectivity index (χ0) is 11.4. The molecule has 0 saturated heterocycles. The van der Waals surface area contributed by atoms with Gasteiger partial charge in [0.15, 0.2) is 0 Å². The first-order chi connectivity index (χ1) is 7.77. The number of amidine groups is 1. The normalized spacial score (nSPS) is 15.1. The van der Waals surface area contributed by atoms with Crippen molar-refractivity contribution in [2.75, 3.05) is 18.8 Å². The summed E-state index contributed by atoms with van der Waals surface area (Å²) in [4.78, 5) is 5.79. The van der Waals surface area contributed by atoms with Crippen LogP contribution in [0.2, 0.25) is 0 Å². The number of rotatable bonds is 4. The summed E-state index contributed by atoms with van der Waals surface area (Å²) in [6, 6.07) is 8.65. The molecule has 0 aromatic heterocycles. The number of hydrogen-bond donors (Lipinski definition) is 1. The molecule has 0 radical (unpaired) electrons. The van der Waals surface area contributed by atoms with E-state index in [4.69, 9.17) is 0 Å². The molecule has 0 atom stereocenters. The minimum atomic E-state index is 0.585. The largest absolute Gasteiger partial charge is 0.371 e. The minimum absolute atomic E-state index is 0.585. The van der Waals surface area contributed by atoms with Crippen LogP contribution in [-0.4, -0.2) is 24.7 Å². The Kier molecular flexibility index (Phi) is 3.88. The van der Waals surface area contributed by atoms with Crippen molar-refractivity contribution in [1.82, 2.24) is 5.32 Å². The van der Waals surface area contributed by atoms with Crippen molar-refractivity contribution >= 4 is 17.6 Å². The third-order valence-electron chi connectivity index (χ3n) is 2.65. The summed E-state index contributed by atoms with van der Waals surface area (Å²) in [5.41, 5.74) is 1.44. The molecular formula is C13H18N2S. The van der Waals surface area contributed by atoms with Crippen molar-refractivity contribution in [1.29, 1.82) is 0 Å². The number of hydrogen-bond acceptors (Lipinski definition) is 3. The average molecular weight is 234 g/mol. The van der Waals surface area contributed by atoms with E-state index < -0.39 is 0 Å². The van der Waals surface area contributed by atoms with E-state index in [-0.39, 0.29) is 0 Å². The van der Waals surface area contributed by atoms with Gasteiger partial charge in [-0.3, -0.25) is 4.99 Å². The van der Waals surface area contributed by atoms with Gasteiger partial charge in [-0.15, -0.1) is 11.8 Å². The zero-order valence-corrected chi connectivity index (χ0v) is 10.7. The summed E-state index contributed by atoms with van der Waals surface area (Å²) in [7, 11) is 0. The summed E-state index contributed by atoms with van der Waals surface area (Å²) in [6.07, 6.45) is 0. The summed E-state index contributed by atoms with van der Waals surface area (Å²) >= 11 is 1.88. The van der Waals surface area contributed by atoms with Crippen molar-refractivity contribution in [2.45, 2.75) is 24.7 Å². The van der Waals surface area contributed by atoms with Crippen molar-refractivity contribution in [3.63, 3.8) is 0 Å². The Bertz CT molecular complexity index is 385. The van der Waals surface area contributed by atoms with E-state index in [2.05, 4.69) is 48.4 Å². The molecule has 0 saturated carbocycles. The molecule has 86 valence electrons. The van der Waals surface area contributed by atoms with Crippen LogP contribution in [0.4, 0.5) is 0 Å². The van der Waals surface area contributed by atoms with Gasteiger partial charge in [0.1, 0.15) is 5.84 Å². The highest BCUT2D eigenvalue weighted by atomic mass is 32.2. The summed E-state index contributed by atoms with van der Waals surface area (Å²) in [6.45, 7) is 6.42. The van der Waals surface area contributed by atoms with E-state index in [9.17, 15) is 0 Å². The highest BCUT2D eigenvalue weighted by Gasteiger charge is 2.09. The van der Waals surface area contributed by atoms with Crippen molar-refractivity contribution < 1.29 is 0 Å². The first-order valence-corrected chi connectivity index (χ1v) is 6.75. The number of nitrogens with one attached hydrogen (secondary N) is 1. The fraction of sp³-hybridized carbons (Fsp3) is 0.462. The van der Waals surface area contributed by atoms with Gasteiger partial charge < -0.3 is 5.32 Å². The molecule has 1 aliphatic heterocycles. The van der Waals surface area contributed by atoms with Crippen molar-refractivity contribution in [3.8, 4) is 0 Å². The Morgan fingerprint density at radius 2 is 2.19 bits per heavy atom. The topological polar surface area (TPSA) is 24.4 Å². The first kappa shape index (κ1) is 11.5. The fourth-order valence-corrected chi connectivity index (χ4v) is 2.91. The molecule has 0 unspecified atom stereocenters. The maximum absolute atomic E-state index is 4.41. The second kappa shape index (κ2) is 5.39. The number of benzene rings is 1. The quantitative estimate of drug-likeness (QED) is 0.810. The van der Waals surface area contributed by atoms with Gasteiger partial charge in [0.2, 0.25) is 0 Å². The Balaban J connectivity index is 2.03. The molecule has 0 fully saturated rings. The lowest BCUT2D eigenvalue weighted by atomic mass is 10.0. The molecule has 1 heterocycles. The van der Waals surface area contributed by atoms with E-state index in [1.807, 2.05) is 11.8 Å². The van der Waals surface area contributed by atoms with E-state index >= 15 is 0 Å². The second-order valence-electron chi connectivity index (χ2n) is 4.24. The number of thioether (sulfide) groups is 1. The zero-order valence-electron chi connectivity index (χ0n) is 9.86. The molecule has 0 aliphatic carbocycles. The Morgan fingerprint density at radius 3 is 2.88 bits per heavy atom. The SMILES string of the molecule is CC(C)c1ccccc1SCC1=NCCN1. The molecule has 2 rings (SSSR count). The van der Waals surface area contributed by atoms with Crippen LogP contribution in [0.5, 0.6) is 0 Å². The molecule has 2 nitrogen and oxygen atoms in total. The van der Waals surface area contributed by atoms with Crippen LogP contribution in [0, 0.1) is 0 Å². The molecule has 16 heavy (non-hydrogen) atoms. The third kappa shape index (κ3) is 2.79. The molecule has 1 aromatic rings. The summed E-state index contributed by atoms with van der Waals surface area (Å²) < 4.78 is 0. The predicted octanol–water partition coefficient (Wildman–Crippen LogP) is 2.90. The molecule has 0 spiro atoms. The van der Waals surface area contributed by atoms with Gasteiger partial charge in [0.05, 0.1) is 12.3 Å². The summed E-state index contributed by atoms with van der Waals surface area (Å²) in [5.74, 6) is 2.69. The maximum Gasteiger partial charge on any atom is 0.107 e. The number of nitrogens with zero attached hydrogens (tertiary/aromatic N) is 1. The molecule has 0 bridgehead atoms. The average Bonchev–Trinajstić information content (AvgIpc) is 2.79. The molecular weight excluding hydrogens is 216 g/mol. The van der Waals surface area contributed by atoms with Crippen LogP contribution < -0.4 is 5.32 Å². The summed E-state index contributed by atoms with van der Waals surface area (Å²) in [5, 5.41) is 3.30. The van der Waals surface area contributed by atoms with Crippen LogP contribution >= 0.6 is 11.8 Å². The molecule has 1 N–H and O–H groups in total. The number of aliphatic imine (C=N–C) groups is 1. The third-order valence-corrected chi connectivity index (χ3v) is 3.75. The molecule has 0 amide bonds. The van der Waals surface area contributed by atoms with Gasteiger partial charge in [0.25, 0.3) is 0 Å². The van der Waals surface area contributed by atoms with Crippen molar-refractivity contribution in [2.24, 2.45) is 4.99 Å². The van der Waals surface area contributed by atoms with Crippen LogP contribution in [-0.2, 0) is 0 Å². The lowest BCUT2D eigenvalue weighted by Crippen LogP contribution is -2.20. The lowest BCUT2D eigenvalue weighted by Gasteiger charge is -2.11. The predicted molar refractivity (Wildman–Crippen MR) is 71.6 cm³/mol. The Hall–Kier alpha value is -0.960. The Morgan fingerprint density at radius 1 is 1.38 bits per heavy atom. The molecule has 1 aliphatic rings. The highest BCUT2D eigenvalue weighted by Crippen LogP contribution is 2.28.